The van der Waals surface area contributed by atoms with Crippen LogP contribution in [0.3, 0.4) is 0 Å². The first-order valence-corrected chi connectivity index (χ1v) is 8.61. The van der Waals surface area contributed by atoms with Crippen molar-refractivity contribution in [3.8, 4) is 0 Å². The monoisotopic (exact) mass is 178 g/mol. The van der Waals surface area contributed by atoms with Crippen LogP contribution in [0.2, 0.25) is 10.0 Å². The van der Waals surface area contributed by atoms with E-state index in [0.29, 0.717) is 0 Å². The van der Waals surface area contributed by atoms with Crippen molar-refractivity contribution in [3.05, 3.63) is 0 Å². The minimum atomic E-state index is 0.0146. The first-order chi connectivity index (χ1) is 4.41. The van der Waals surface area contributed by atoms with Crippen LogP contribution in [0.15, 0.2) is 0 Å². The van der Waals surface area contributed by atoms with Gasteiger partial charge in [-0.05, 0) is 0 Å². The molecule has 0 radical (unpaired) electrons. The Bertz CT molecular complexity index is 37.8. The Kier molecular flexibility index (Phi) is 9.22. The first kappa shape index (κ1) is 9.62. The molecule has 9 heavy (non-hydrogen) atoms. The molecule has 0 saturated carbocycles. The summed E-state index contributed by atoms with van der Waals surface area (Å²) in [6.07, 6.45) is 5.86. The van der Waals surface area contributed by atoms with Crippen molar-refractivity contribution in [1.29, 1.82) is 0 Å². The van der Waals surface area contributed by atoms with Crippen LogP contribution in [0.1, 0.15) is 39.5 Å². The third-order valence-electron chi connectivity index (χ3n) is 1.71. The standard InChI is InChI=1S/2C4H9.Zn/c2*1-3-4-2;/h2*1,3-4H2,2H3;/q;;+2. The summed E-state index contributed by atoms with van der Waals surface area (Å²) in [4.78, 5) is 0. The van der Waals surface area contributed by atoms with E-state index in [1.165, 1.54) is 25.7 Å². The molecule has 0 atom stereocenters. The zero-order valence-electron chi connectivity index (χ0n) is 6.95. The Hall–Kier alpha value is 0.623. The van der Waals surface area contributed by atoms with Gasteiger partial charge in [0.2, 0.25) is 0 Å². The Labute approximate surface area is 67.0 Å². The zero-order chi connectivity index (χ0) is 6.95. The van der Waals surface area contributed by atoms with E-state index in [-0.39, 0.29) is 17.1 Å². The molecule has 0 rings (SSSR count). The van der Waals surface area contributed by atoms with Crippen molar-refractivity contribution in [2.24, 2.45) is 0 Å². The Morgan fingerprint density at radius 3 is 1.67 bits per heavy atom. The van der Waals surface area contributed by atoms with E-state index >= 15 is 0 Å². The van der Waals surface area contributed by atoms with Crippen molar-refractivity contribution in [1.82, 2.24) is 0 Å². The molecule has 0 amide bonds. The summed E-state index contributed by atoms with van der Waals surface area (Å²) in [6, 6.07) is 0. The van der Waals surface area contributed by atoms with E-state index in [2.05, 4.69) is 13.8 Å². The molecule has 0 aromatic heterocycles. The maximum atomic E-state index is 2.29. The molecule has 0 bridgehead atoms. The molecule has 0 nitrogen and oxygen atoms in total. The molecule has 0 aromatic carbocycles. The van der Waals surface area contributed by atoms with Crippen LogP contribution in [-0.2, 0) is 17.1 Å². The van der Waals surface area contributed by atoms with E-state index in [0.717, 1.165) is 0 Å². The van der Waals surface area contributed by atoms with Crippen LogP contribution < -0.4 is 0 Å². The van der Waals surface area contributed by atoms with Crippen molar-refractivity contribution in [3.63, 3.8) is 0 Å². The van der Waals surface area contributed by atoms with Crippen molar-refractivity contribution in [2.75, 3.05) is 0 Å². The summed E-state index contributed by atoms with van der Waals surface area (Å²) in [5, 5.41) is 3.28. The van der Waals surface area contributed by atoms with Crippen LogP contribution in [-0.4, -0.2) is 0 Å². The van der Waals surface area contributed by atoms with Gasteiger partial charge in [0, 0.05) is 0 Å². The third-order valence-corrected chi connectivity index (χ3v) is 5.90. The number of hydrogen-bond acceptors (Lipinski definition) is 0. The van der Waals surface area contributed by atoms with Gasteiger partial charge < -0.3 is 0 Å². The van der Waals surface area contributed by atoms with Gasteiger partial charge in [0.1, 0.15) is 0 Å². The molecule has 0 aliphatic heterocycles. The quantitative estimate of drug-likeness (QED) is 0.433. The molecule has 0 unspecified atom stereocenters. The number of hydrogen-bond donors (Lipinski definition) is 0. The molecule has 0 N–H and O–H groups in total. The van der Waals surface area contributed by atoms with Gasteiger partial charge in [-0.2, -0.15) is 0 Å². The van der Waals surface area contributed by atoms with Crippen LogP contribution in [0.5, 0.6) is 0 Å². The second kappa shape index (κ2) is 8.62. The summed E-state index contributed by atoms with van der Waals surface area (Å²) >= 11 is 0.0146. The fourth-order valence-corrected chi connectivity index (χ4v) is 5.35. The van der Waals surface area contributed by atoms with Gasteiger partial charge in [0.25, 0.3) is 0 Å². The molecule has 0 heterocycles. The van der Waals surface area contributed by atoms with E-state index in [1.54, 1.807) is 10.0 Å². The molecule has 0 aliphatic rings. The summed E-state index contributed by atoms with van der Waals surface area (Å²) in [7, 11) is 0. The Balaban J connectivity index is 2.60. The van der Waals surface area contributed by atoms with Gasteiger partial charge in [-0.1, -0.05) is 0 Å². The van der Waals surface area contributed by atoms with Crippen LogP contribution in [0, 0.1) is 0 Å². The fourth-order valence-electron chi connectivity index (χ4n) is 1.03. The molecule has 1 heteroatoms. The van der Waals surface area contributed by atoms with Gasteiger partial charge in [0.15, 0.2) is 0 Å². The predicted octanol–water partition coefficient (Wildman–Crippen LogP) is 3.51. The topological polar surface area (TPSA) is 0 Å². The third kappa shape index (κ3) is 8.62. The molecular weight excluding hydrogens is 161 g/mol. The molecule has 50 valence electrons. The van der Waals surface area contributed by atoms with Crippen molar-refractivity contribution >= 4 is 0 Å². The average molecular weight is 180 g/mol. The summed E-state index contributed by atoms with van der Waals surface area (Å²) in [5.41, 5.74) is 0. The second-order valence-corrected chi connectivity index (χ2v) is 7.22. The van der Waals surface area contributed by atoms with E-state index in [1.807, 2.05) is 0 Å². The number of rotatable bonds is 6. The molecule has 0 aromatic rings. The molecule has 0 saturated heterocycles. The van der Waals surface area contributed by atoms with Crippen LogP contribution in [0.4, 0.5) is 0 Å². The second-order valence-electron chi connectivity index (χ2n) is 2.77. The van der Waals surface area contributed by atoms with Crippen LogP contribution in [0.25, 0.3) is 0 Å². The predicted molar refractivity (Wildman–Crippen MR) is 39.4 cm³/mol. The minimum absolute atomic E-state index is 0.0146. The van der Waals surface area contributed by atoms with E-state index < -0.39 is 0 Å². The van der Waals surface area contributed by atoms with Crippen LogP contribution >= 0.6 is 0 Å². The van der Waals surface area contributed by atoms with E-state index in [4.69, 9.17) is 0 Å². The van der Waals surface area contributed by atoms with Gasteiger partial charge in [-0.15, -0.1) is 0 Å². The molecule has 0 aliphatic carbocycles. The van der Waals surface area contributed by atoms with Gasteiger partial charge in [0.05, 0.1) is 0 Å². The number of unbranched alkanes of at least 4 members (excludes halogenated alkanes) is 2. The normalized spacial score (nSPS) is 10.4. The van der Waals surface area contributed by atoms with Crippen molar-refractivity contribution < 1.29 is 17.1 Å². The Morgan fingerprint density at radius 2 is 1.33 bits per heavy atom. The molecule has 0 spiro atoms. The first-order valence-electron chi connectivity index (χ1n) is 4.41. The SMILES string of the molecule is CCC[CH2][Zn+2][CH2]CCC. The zero-order valence-corrected chi connectivity index (χ0v) is 9.92. The average Bonchev–Trinajstić information content (AvgIpc) is 1.89. The summed E-state index contributed by atoms with van der Waals surface area (Å²) in [5.74, 6) is 0. The van der Waals surface area contributed by atoms with Crippen molar-refractivity contribution in [2.45, 2.75) is 49.6 Å². The summed E-state index contributed by atoms with van der Waals surface area (Å²) < 4.78 is 0. The van der Waals surface area contributed by atoms with Gasteiger partial charge >= 0.3 is 66.7 Å². The summed E-state index contributed by atoms with van der Waals surface area (Å²) in [6.45, 7) is 4.59. The Morgan fingerprint density at radius 1 is 0.889 bits per heavy atom. The van der Waals surface area contributed by atoms with Gasteiger partial charge in [-0.3, -0.25) is 0 Å². The van der Waals surface area contributed by atoms with E-state index in [9.17, 15) is 0 Å². The fraction of sp³-hybridized carbons (Fsp3) is 1.00. The molecular formula is C8H18Zn+2. The maximum absolute atomic E-state index is 2.29. The molecule has 0 fully saturated rings. The van der Waals surface area contributed by atoms with Gasteiger partial charge in [-0.25, -0.2) is 0 Å².